The zero-order chi connectivity index (χ0) is 20.7. The summed E-state index contributed by atoms with van der Waals surface area (Å²) in [6.07, 6.45) is 0. The fraction of sp³-hybridized carbons (Fsp3) is 0.350. The lowest BCUT2D eigenvalue weighted by molar-refractivity contribution is -0.117. The molecule has 0 radical (unpaired) electrons. The highest BCUT2D eigenvalue weighted by Gasteiger charge is 2.21. The Morgan fingerprint density at radius 1 is 1.07 bits per heavy atom. The van der Waals surface area contributed by atoms with Crippen LogP contribution in [0.2, 0.25) is 0 Å². The van der Waals surface area contributed by atoms with Gasteiger partial charge in [0, 0.05) is 25.3 Å². The molecule has 0 saturated carbocycles. The van der Waals surface area contributed by atoms with E-state index in [9.17, 15) is 17.6 Å². The van der Waals surface area contributed by atoms with E-state index in [-0.39, 0.29) is 23.2 Å². The maximum absolute atomic E-state index is 13.0. The van der Waals surface area contributed by atoms with Crippen molar-refractivity contribution in [3.8, 4) is 0 Å². The molecule has 0 atom stereocenters. The van der Waals surface area contributed by atoms with Gasteiger partial charge in [-0.2, -0.15) is 4.31 Å². The molecule has 1 amide bonds. The van der Waals surface area contributed by atoms with Gasteiger partial charge in [0.15, 0.2) is 0 Å². The second-order valence-electron chi connectivity index (χ2n) is 6.46. The van der Waals surface area contributed by atoms with Crippen LogP contribution >= 0.6 is 0 Å². The highest BCUT2D eigenvalue weighted by atomic mass is 32.2. The Morgan fingerprint density at radius 3 is 2.32 bits per heavy atom. The number of rotatable bonds is 9. The van der Waals surface area contributed by atoms with Crippen LogP contribution in [0.5, 0.6) is 0 Å². The van der Waals surface area contributed by atoms with E-state index in [1.165, 1.54) is 28.6 Å². The summed E-state index contributed by atoms with van der Waals surface area (Å²) < 4.78 is 39.6. The molecule has 0 spiro atoms. The van der Waals surface area contributed by atoms with E-state index in [0.717, 1.165) is 5.56 Å². The van der Waals surface area contributed by atoms with E-state index < -0.39 is 10.0 Å². The van der Waals surface area contributed by atoms with Gasteiger partial charge in [0.1, 0.15) is 5.82 Å². The van der Waals surface area contributed by atoms with Gasteiger partial charge in [-0.15, -0.1) is 0 Å². The molecule has 152 valence electrons. The van der Waals surface area contributed by atoms with Gasteiger partial charge in [0.25, 0.3) is 0 Å². The summed E-state index contributed by atoms with van der Waals surface area (Å²) in [7, 11) is -1.80. The molecule has 0 heterocycles. The third-order valence-electron chi connectivity index (χ3n) is 4.24. The highest BCUT2D eigenvalue weighted by Crippen LogP contribution is 2.19. The maximum atomic E-state index is 13.0. The summed E-state index contributed by atoms with van der Waals surface area (Å²) in [6, 6.07) is 12.3. The Labute approximate surface area is 166 Å². The molecule has 0 aliphatic heterocycles. The van der Waals surface area contributed by atoms with Crippen LogP contribution in [0.25, 0.3) is 0 Å². The molecule has 0 aliphatic carbocycles. The fourth-order valence-electron chi connectivity index (χ4n) is 2.85. The smallest absolute Gasteiger partial charge is 0.243 e. The predicted octanol–water partition coefficient (Wildman–Crippen LogP) is 2.93. The summed E-state index contributed by atoms with van der Waals surface area (Å²) in [5.41, 5.74) is 1.32. The molecule has 8 heteroatoms. The lowest BCUT2D eigenvalue weighted by atomic mass is 10.2. The van der Waals surface area contributed by atoms with E-state index in [0.29, 0.717) is 25.3 Å². The van der Waals surface area contributed by atoms with Gasteiger partial charge in [-0.05, 0) is 42.9 Å². The van der Waals surface area contributed by atoms with Crippen LogP contribution in [0, 0.1) is 5.82 Å². The van der Waals surface area contributed by atoms with Crippen LogP contribution in [0.15, 0.2) is 53.4 Å². The van der Waals surface area contributed by atoms with Crippen molar-refractivity contribution in [2.45, 2.75) is 25.3 Å². The van der Waals surface area contributed by atoms with Crippen molar-refractivity contribution in [3.05, 3.63) is 59.9 Å². The number of benzene rings is 2. The van der Waals surface area contributed by atoms with Crippen molar-refractivity contribution in [2.75, 3.05) is 32.0 Å². The minimum Gasteiger partial charge on any atom is -0.325 e. The van der Waals surface area contributed by atoms with E-state index in [1.54, 1.807) is 50.1 Å². The topological polar surface area (TPSA) is 69.7 Å². The van der Waals surface area contributed by atoms with Crippen LogP contribution in [-0.4, -0.2) is 50.2 Å². The third-order valence-corrected chi connectivity index (χ3v) is 6.29. The standard InChI is InChI=1S/C20H26FN3O3S/c1-4-24(5-2)28(26,27)19-8-6-7-18(13-19)22-20(25)15-23(3)14-16-9-11-17(21)12-10-16/h6-13H,4-5,14-15H2,1-3H3,(H,22,25). The summed E-state index contributed by atoms with van der Waals surface area (Å²) >= 11 is 0. The van der Waals surface area contributed by atoms with E-state index in [2.05, 4.69) is 5.32 Å². The average Bonchev–Trinajstić information content (AvgIpc) is 2.64. The molecule has 2 aromatic rings. The number of hydrogen-bond donors (Lipinski definition) is 1. The van der Waals surface area contributed by atoms with Crippen molar-refractivity contribution in [3.63, 3.8) is 0 Å². The number of anilines is 1. The van der Waals surface area contributed by atoms with Crippen LogP contribution in [-0.2, 0) is 21.4 Å². The SMILES string of the molecule is CCN(CC)S(=O)(=O)c1cccc(NC(=O)CN(C)Cc2ccc(F)cc2)c1. The van der Waals surface area contributed by atoms with Crippen molar-refractivity contribution in [2.24, 2.45) is 0 Å². The fourth-order valence-corrected chi connectivity index (χ4v) is 4.35. The first-order chi connectivity index (χ1) is 13.3. The van der Waals surface area contributed by atoms with Crippen LogP contribution in [0.4, 0.5) is 10.1 Å². The lowest BCUT2D eigenvalue weighted by Gasteiger charge is -2.19. The number of halogens is 1. The van der Waals surface area contributed by atoms with Crippen molar-refractivity contribution in [1.29, 1.82) is 0 Å². The Morgan fingerprint density at radius 2 is 1.71 bits per heavy atom. The number of hydrogen-bond acceptors (Lipinski definition) is 4. The highest BCUT2D eigenvalue weighted by molar-refractivity contribution is 7.89. The molecule has 0 fully saturated rings. The first-order valence-corrected chi connectivity index (χ1v) is 10.5. The third kappa shape index (κ3) is 5.85. The lowest BCUT2D eigenvalue weighted by Crippen LogP contribution is -2.31. The molecule has 0 saturated heterocycles. The van der Waals surface area contributed by atoms with Crippen molar-refractivity contribution >= 4 is 21.6 Å². The zero-order valence-electron chi connectivity index (χ0n) is 16.4. The molecule has 28 heavy (non-hydrogen) atoms. The maximum Gasteiger partial charge on any atom is 0.243 e. The Bertz CT molecular complexity index is 897. The number of nitrogens with one attached hydrogen (secondary N) is 1. The molecule has 2 rings (SSSR count). The second kappa shape index (κ2) is 9.77. The van der Waals surface area contributed by atoms with Gasteiger partial charge >= 0.3 is 0 Å². The van der Waals surface area contributed by atoms with Crippen LogP contribution < -0.4 is 5.32 Å². The molecule has 0 aliphatic rings. The summed E-state index contributed by atoms with van der Waals surface area (Å²) in [4.78, 5) is 14.2. The Balaban J connectivity index is 2.01. The molecule has 6 nitrogen and oxygen atoms in total. The normalized spacial score (nSPS) is 11.8. The molecular weight excluding hydrogens is 381 g/mol. The Hall–Kier alpha value is -2.29. The average molecular weight is 408 g/mol. The van der Waals surface area contributed by atoms with Crippen molar-refractivity contribution in [1.82, 2.24) is 9.21 Å². The first kappa shape index (κ1) is 22.0. The molecule has 1 N–H and O–H groups in total. The minimum absolute atomic E-state index is 0.115. The zero-order valence-corrected chi connectivity index (χ0v) is 17.2. The quantitative estimate of drug-likeness (QED) is 0.694. The molecule has 0 bridgehead atoms. The second-order valence-corrected chi connectivity index (χ2v) is 8.40. The largest absolute Gasteiger partial charge is 0.325 e. The first-order valence-electron chi connectivity index (χ1n) is 9.09. The van der Waals surface area contributed by atoms with E-state index in [1.807, 2.05) is 0 Å². The van der Waals surface area contributed by atoms with Gasteiger partial charge in [0.05, 0.1) is 11.4 Å². The number of sulfonamides is 1. The monoisotopic (exact) mass is 407 g/mol. The van der Waals surface area contributed by atoms with E-state index >= 15 is 0 Å². The van der Waals surface area contributed by atoms with Gasteiger partial charge in [0.2, 0.25) is 15.9 Å². The molecule has 0 aromatic heterocycles. The number of amides is 1. The van der Waals surface area contributed by atoms with Gasteiger partial charge in [-0.3, -0.25) is 9.69 Å². The summed E-state index contributed by atoms with van der Waals surface area (Å²) in [5, 5.41) is 2.73. The molecule has 0 unspecified atom stereocenters. The van der Waals surface area contributed by atoms with E-state index in [4.69, 9.17) is 0 Å². The van der Waals surface area contributed by atoms with Gasteiger partial charge < -0.3 is 5.32 Å². The molecular formula is C20H26FN3O3S. The number of nitrogens with zero attached hydrogens (tertiary/aromatic N) is 2. The van der Waals surface area contributed by atoms with Gasteiger partial charge in [-0.25, -0.2) is 12.8 Å². The van der Waals surface area contributed by atoms with Gasteiger partial charge in [-0.1, -0.05) is 32.0 Å². The van der Waals surface area contributed by atoms with Crippen molar-refractivity contribution < 1.29 is 17.6 Å². The van der Waals surface area contributed by atoms with Crippen LogP contribution in [0.1, 0.15) is 19.4 Å². The Kier molecular flexibility index (Phi) is 7.68. The number of likely N-dealkylation sites (N-methyl/N-ethyl adjacent to an activating group) is 1. The summed E-state index contributed by atoms with van der Waals surface area (Å²) in [5.74, 6) is -0.564. The number of carbonyl (C=O) groups excluding carboxylic acids is 1. The van der Waals surface area contributed by atoms with Crippen LogP contribution in [0.3, 0.4) is 0 Å². The minimum atomic E-state index is -3.59. The predicted molar refractivity (Wildman–Crippen MR) is 108 cm³/mol. The summed E-state index contributed by atoms with van der Waals surface area (Å²) in [6.45, 7) is 4.93. The number of carbonyl (C=O) groups is 1. The molecule has 2 aromatic carbocycles.